The Bertz CT molecular complexity index is 372. The van der Waals surface area contributed by atoms with Gasteiger partial charge < -0.3 is 24.1 Å². The number of nitro groups is 1. The van der Waals surface area contributed by atoms with E-state index in [9.17, 15) is 15.2 Å². The van der Waals surface area contributed by atoms with Crippen LogP contribution in [0.15, 0.2) is 0 Å². The second-order valence-electron chi connectivity index (χ2n) is 4.87. The fourth-order valence-electron chi connectivity index (χ4n) is 2.61. The molecule has 0 aromatic heterocycles. The first-order valence-corrected chi connectivity index (χ1v) is 5.34. The summed E-state index contributed by atoms with van der Waals surface area (Å²) in [4.78, 5) is 10.7. The maximum absolute atomic E-state index is 11.3. The van der Waals surface area contributed by atoms with E-state index in [2.05, 4.69) is 0 Å². The van der Waals surface area contributed by atoms with Crippen LogP contribution in [0.3, 0.4) is 0 Å². The van der Waals surface area contributed by atoms with Crippen LogP contribution in [0, 0.1) is 10.1 Å². The van der Waals surface area contributed by atoms with Crippen LogP contribution in [0.2, 0.25) is 0 Å². The first-order valence-electron chi connectivity index (χ1n) is 5.34. The summed E-state index contributed by atoms with van der Waals surface area (Å²) in [5, 5.41) is 20.9. The molecule has 17 heavy (non-hydrogen) atoms. The Morgan fingerprint density at radius 2 is 2.06 bits per heavy atom. The summed E-state index contributed by atoms with van der Waals surface area (Å²) in [7, 11) is 0. The minimum atomic E-state index is -1.86. The van der Waals surface area contributed by atoms with Crippen molar-refractivity contribution in [3.05, 3.63) is 10.1 Å². The van der Waals surface area contributed by atoms with E-state index in [1.165, 1.54) is 0 Å². The lowest BCUT2D eigenvalue weighted by atomic mass is 10.0. The van der Waals surface area contributed by atoms with Gasteiger partial charge in [-0.3, -0.25) is 10.1 Å². The van der Waals surface area contributed by atoms with Gasteiger partial charge in [0.1, 0.15) is 6.10 Å². The molecule has 0 aromatic rings. The number of ether oxygens (including phenoxy) is 4. The predicted octanol–water partition coefficient (Wildman–Crippen LogP) is -0.773. The summed E-state index contributed by atoms with van der Waals surface area (Å²) in [6.45, 7) is 3.14. The molecular weight excluding hydrogens is 234 g/mol. The molecule has 1 N–H and O–H groups in total. The van der Waals surface area contributed by atoms with E-state index >= 15 is 0 Å². The number of hydrogen-bond acceptors (Lipinski definition) is 7. The molecule has 5 atom stereocenters. The molecule has 0 saturated carbocycles. The van der Waals surface area contributed by atoms with E-state index in [4.69, 9.17) is 18.9 Å². The lowest BCUT2D eigenvalue weighted by molar-refractivity contribution is -0.638. The average Bonchev–Trinajstić information content (AvgIpc) is 2.75. The quantitative estimate of drug-likeness (QED) is 0.479. The van der Waals surface area contributed by atoms with Crippen molar-refractivity contribution >= 4 is 0 Å². The number of aliphatic hydroxyl groups is 1. The van der Waals surface area contributed by atoms with E-state index in [0.29, 0.717) is 0 Å². The van der Waals surface area contributed by atoms with Gasteiger partial charge >= 0.3 is 5.72 Å². The largest absolute Gasteiger partial charge is 0.388 e. The Kier molecular flexibility index (Phi) is 2.09. The summed E-state index contributed by atoms with van der Waals surface area (Å²) in [6.07, 6.45) is -3.94. The lowest BCUT2D eigenvalue weighted by Gasteiger charge is -2.25. The summed E-state index contributed by atoms with van der Waals surface area (Å²) in [6, 6.07) is 0. The molecule has 3 fully saturated rings. The van der Waals surface area contributed by atoms with Crippen LogP contribution in [0.25, 0.3) is 0 Å². The minimum absolute atomic E-state index is 0.140. The molecule has 3 rings (SSSR count). The first kappa shape index (κ1) is 11.3. The number of rotatable bonds is 1. The fraction of sp³-hybridized carbons (Fsp3) is 1.00. The van der Waals surface area contributed by atoms with Crippen molar-refractivity contribution in [2.75, 3.05) is 6.61 Å². The maximum Gasteiger partial charge on any atom is 0.385 e. The fourth-order valence-corrected chi connectivity index (χ4v) is 2.61. The van der Waals surface area contributed by atoms with Crippen LogP contribution in [0.1, 0.15) is 13.8 Å². The standard InChI is InChI=1S/C9H13NO7/c1-8(2)16-6-7(17-8)15-5-4(11)3-14-9(5,6)10(12)13/h4-7,11H,3H2,1-2H3/t4-,5-,6+,7-,9+/m1/s1. The number of hydrogen-bond donors (Lipinski definition) is 1. The number of fused-ring (bicyclic) bond motifs is 3. The highest BCUT2D eigenvalue weighted by molar-refractivity contribution is 5.05. The summed E-state index contributed by atoms with van der Waals surface area (Å²) in [5.74, 6) is -0.958. The van der Waals surface area contributed by atoms with E-state index < -0.39 is 41.0 Å². The van der Waals surface area contributed by atoms with Crippen molar-refractivity contribution in [2.24, 2.45) is 0 Å². The van der Waals surface area contributed by atoms with Crippen molar-refractivity contribution in [1.29, 1.82) is 0 Å². The van der Waals surface area contributed by atoms with Crippen LogP contribution >= 0.6 is 0 Å². The Labute approximate surface area is 96.5 Å². The van der Waals surface area contributed by atoms with E-state index in [-0.39, 0.29) is 6.61 Å². The molecule has 0 amide bonds. The van der Waals surface area contributed by atoms with Crippen LogP contribution in [-0.4, -0.2) is 52.8 Å². The third-order valence-electron chi connectivity index (χ3n) is 3.27. The Morgan fingerprint density at radius 3 is 2.71 bits per heavy atom. The summed E-state index contributed by atoms with van der Waals surface area (Å²) < 4.78 is 21.4. The minimum Gasteiger partial charge on any atom is -0.388 e. The highest BCUT2D eigenvalue weighted by atomic mass is 16.9. The molecule has 0 radical (unpaired) electrons. The molecular formula is C9H13NO7. The van der Waals surface area contributed by atoms with Crippen molar-refractivity contribution in [3.8, 4) is 0 Å². The molecule has 8 heteroatoms. The number of aliphatic hydroxyl groups excluding tert-OH is 1. The zero-order chi connectivity index (χ0) is 12.4. The maximum atomic E-state index is 11.3. The van der Waals surface area contributed by atoms with E-state index in [1.807, 2.05) is 0 Å². The normalized spacial score (nSPS) is 51.2. The van der Waals surface area contributed by atoms with Crippen molar-refractivity contribution < 1.29 is 29.0 Å². The van der Waals surface area contributed by atoms with Gasteiger partial charge in [0.25, 0.3) is 0 Å². The third-order valence-corrected chi connectivity index (χ3v) is 3.27. The van der Waals surface area contributed by atoms with Crippen LogP contribution in [-0.2, 0) is 18.9 Å². The SMILES string of the molecule is CC1(C)O[C@H]2O[C@@H]3[C@H](O)CO[C@]3([N+](=O)[O-])[C@H]2O1. The van der Waals surface area contributed by atoms with Gasteiger partial charge in [0, 0.05) is 0 Å². The molecule has 0 aromatic carbocycles. The second-order valence-corrected chi connectivity index (χ2v) is 4.87. The summed E-state index contributed by atoms with van der Waals surface area (Å²) >= 11 is 0. The molecule has 3 aliphatic rings. The van der Waals surface area contributed by atoms with Gasteiger partial charge in [-0.2, -0.15) is 0 Å². The molecule has 3 heterocycles. The van der Waals surface area contributed by atoms with Crippen molar-refractivity contribution in [1.82, 2.24) is 0 Å². The third kappa shape index (κ3) is 1.30. The van der Waals surface area contributed by atoms with Gasteiger partial charge in [-0.15, -0.1) is 0 Å². The highest BCUT2D eigenvalue weighted by Gasteiger charge is 2.77. The monoisotopic (exact) mass is 247 g/mol. The van der Waals surface area contributed by atoms with Gasteiger partial charge in [0.15, 0.2) is 18.2 Å². The summed E-state index contributed by atoms with van der Waals surface area (Å²) in [5.41, 5.74) is -1.86. The molecule has 96 valence electrons. The van der Waals surface area contributed by atoms with Crippen molar-refractivity contribution in [3.63, 3.8) is 0 Å². The predicted molar refractivity (Wildman–Crippen MR) is 50.4 cm³/mol. The van der Waals surface area contributed by atoms with Gasteiger partial charge in [0.2, 0.25) is 6.10 Å². The molecule has 0 bridgehead atoms. The van der Waals surface area contributed by atoms with E-state index in [1.54, 1.807) is 13.8 Å². The van der Waals surface area contributed by atoms with Crippen LogP contribution in [0.5, 0.6) is 0 Å². The highest BCUT2D eigenvalue weighted by Crippen LogP contribution is 2.48. The first-order chi connectivity index (χ1) is 7.87. The molecule has 0 spiro atoms. The van der Waals surface area contributed by atoms with Gasteiger partial charge in [-0.25, -0.2) is 0 Å². The smallest absolute Gasteiger partial charge is 0.385 e. The molecule has 8 nitrogen and oxygen atoms in total. The van der Waals surface area contributed by atoms with E-state index in [0.717, 1.165) is 0 Å². The Balaban J connectivity index is 1.99. The van der Waals surface area contributed by atoms with Crippen LogP contribution < -0.4 is 0 Å². The molecule has 3 aliphatic heterocycles. The van der Waals surface area contributed by atoms with Crippen LogP contribution in [0.4, 0.5) is 0 Å². The molecule has 3 saturated heterocycles. The molecule has 0 aliphatic carbocycles. The van der Waals surface area contributed by atoms with Gasteiger partial charge in [-0.1, -0.05) is 0 Å². The number of nitrogens with zero attached hydrogens (tertiary/aromatic N) is 1. The second kappa shape index (κ2) is 3.15. The zero-order valence-corrected chi connectivity index (χ0v) is 9.36. The van der Waals surface area contributed by atoms with Gasteiger partial charge in [0.05, 0.1) is 11.5 Å². The van der Waals surface area contributed by atoms with Crippen molar-refractivity contribution in [2.45, 2.75) is 50.0 Å². The topological polar surface area (TPSA) is 100 Å². The average molecular weight is 247 g/mol. The van der Waals surface area contributed by atoms with Gasteiger partial charge in [-0.05, 0) is 13.8 Å². The Hall–Kier alpha value is -0.800. The molecule has 0 unspecified atom stereocenters. The Morgan fingerprint density at radius 1 is 1.35 bits per heavy atom. The lowest BCUT2D eigenvalue weighted by Crippen LogP contribution is -2.55. The zero-order valence-electron chi connectivity index (χ0n) is 9.36.